The van der Waals surface area contributed by atoms with Crippen molar-refractivity contribution in [1.82, 2.24) is 15.8 Å². The second kappa shape index (κ2) is 9.05. The van der Waals surface area contributed by atoms with Gasteiger partial charge >= 0.3 is 0 Å². The van der Waals surface area contributed by atoms with Crippen molar-refractivity contribution in [3.8, 4) is 11.3 Å². The van der Waals surface area contributed by atoms with E-state index < -0.39 is 5.91 Å². The van der Waals surface area contributed by atoms with E-state index in [0.29, 0.717) is 18.7 Å². The first-order valence-corrected chi connectivity index (χ1v) is 9.74. The first-order chi connectivity index (χ1) is 14.7. The van der Waals surface area contributed by atoms with Gasteiger partial charge in [0.25, 0.3) is 5.91 Å². The molecule has 0 aliphatic heterocycles. The monoisotopic (exact) mass is 399 g/mol. The highest BCUT2D eigenvalue weighted by molar-refractivity contribution is 5.95. The maximum Gasteiger partial charge on any atom is 0.273 e. The number of amides is 2. The minimum atomic E-state index is -0.453. The van der Waals surface area contributed by atoms with Crippen LogP contribution < -0.4 is 10.6 Å². The molecule has 1 aromatic heterocycles. The summed E-state index contributed by atoms with van der Waals surface area (Å²) in [5.41, 5.74) is 2.11. The molecule has 0 saturated carbocycles. The zero-order valence-corrected chi connectivity index (χ0v) is 16.3. The van der Waals surface area contributed by atoms with Crippen LogP contribution in [0.1, 0.15) is 16.1 Å². The number of hydrogen-bond donors (Lipinski definition) is 2. The number of nitrogens with zero attached hydrogens (tertiary/aromatic N) is 1. The molecule has 4 aromatic rings. The Bertz CT molecular complexity index is 1170. The molecule has 4 rings (SSSR count). The molecular weight excluding hydrogens is 378 g/mol. The Labute approximate surface area is 173 Å². The minimum Gasteiger partial charge on any atom is -0.355 e. The average Bonchev–Trinajstić information content (AvgIpc) is 3.28. The summed E-state index contributed by atoms with van der Waals surface area (Å²) >= 11 is 0. The van der Waals surface area contributed by atoms with Gasteiger partial charge in [0.15, 0.2) is 11.5 Å². The smallest absolute Gasteiger partial charge is 0.273 e. The number of hydrogen-bond acceptors (Lipinski definition) is 4. The van der Waals surface area contributed by atoms with Gasteiger partial charge in [-0.3, -0.25) is 9.59 Å². The maximum absolute atomic E-state index is 12.2. The van der Waals surface area contributed by atoms with E-state index in [2.05, 4.69) is 46.1 Å². The van der Waals surface area contributed by atoms with Crippen LogP contribution in [0.5, 0.6) is 0 Å². The molecule has 2 N–H and O–H groups in total. The van der Waals surface area contributed by atoms with Crippen LogP contribution in [0.25, 0.3) is 22.1 Å². The van der Waals surface area contributed by atoms with E-state index in [-0.39, 0.29) is 18.1 Å². The molecule has 0 spiro atoms. The predicted octanol–water partition coefficient (Wildman–Crippen LogP) is 3.58. The molecule has 3 aromatic carbocycles. The topological polar surface area (TPSA) is 84.2 Å². The van der Waals surface area contributed by atoms with Crippen LogP contribution in [0.4, 0.5) is 0 Å². The van der Waals surface area contributed by atoms with E-state index in [0.717, 1.165) is 11.1 Å². The molecule has 6 nitrogen and oxygen atoms in total. The lowest BCUT2D eigenvalue weighted by molar-refractivity contribution is -0.120. The van der Waals surface area contributed by atoms with Gasteiger partial charge in [-0.15, -0.1) is 0 Å². The zero-order valence-electron chi connectivity index (χ0n) is 16.3. The molecule has 150 valence electrons. The number of fused-ring (bicyclic) bond motifs is 1. The molecule has 0 aliphatic carbocycles. The van der Waals surface area contributed by atoms with Crippen LogP contribution in [0.2, 0.25) is 0 Å². The third kappa shape index (κ3) is 4.72. The zero-order chi connectivity index (χ0) is 20.8. The second-order valence-electron chi connectivity index (χ2n) is 6.91. The average molecular weight is 399 g/mol. The van der Waals surface area contributed by atoms with Crippen LogP contribution in [0.3, 0.4) is 0 Å². The number of rotatable bonds is 7. The lowest BCUT2D eigenvalue weighted by atomic mass is 10.1. The third-order valence-corrected chi connectivity index (χ3v) is 4.76. The quantitative estimate of drug-likeness (QED) is 0.497. The Balaban J connectivity index is 1.23. The molecule has 0 atom stereocenters. The molecule has 0 bridgehead atoms. The van der Waals surface area contributed by atoms with Crippen LogP contribution in [-0.4, -0.2) is 30.1 Å². The second-order valence-corrected chi connectivity index (χ2v) is 6.91. The van der Waals surface area contributed by atoms with Crippen LogP contribution in [-0.2, 0) is 11.2 Å². The molecule has 0 unspecified atom stereocenters. The van der Waals surface area contributed by atoms with Crippen molar-refractivity contribution in [1.29, 1.82) is 0 Å². The van der Waals surface area contributed by atoms with Crippen molar-refractivity contribution >= 4 is 22.6 Å². The van der Waals surface area contributed by atoms with Crippen molar-refractivity contribution in [2.45, 2.75) is 6.42 Å². The summed E-state index contributed by atoms with van der Waals surface area (Å²) in [7, 11) is 0. The number of aromatic nitrogens is 1. The standard InChI is InChI=1S/C24H21N3O3/c28-23(25-13-12-17-10-11-18-6-4-5-9-20(18)14-17)16-26-24(29)21-15-22(30-27-21)19-7-2-1-3-8-19/h1-11,14-15H,12-13,16H2,(H,25,28)(H,26,29). The number of benzene rings is 3. The first-order valence-electron chi connectivity index (χ1n) is 9.74. The van der Waals surface area contributed by atoms with Crippen LogP contribution >= 0.6 is 0 Å². The number of nitrogens with one attached hydrogen (secondary N) is 2. The fraction of sp³-hybridized carbons (Fsp3) is 0.125. The van der Waals surface area contributed by atoms with Gasteiger partial charge in [-0.25, -0.2) is 0 Å². The van der Waals surface area contributed by atoms with Crippen molar-refractivity contribution in [2.75, 3.05) is 13.1 Å². The Morgan fingerprint density at radius 2 is 1.60 bits per heavy atom. The van der Waals surface area contributed by atoms with Gasteiger partial charge in [0, 0.05) is 18.2 Å². The Morgan fingerprint density at radius 1 is 0.833 bits per heavy atom. The molecule has 0 radical (unpaired) electrons. The minimum absolute atomic E-state index is 0.121. The van der Waals surface area contributed by atoms with E-state index in [1.165, 1.54) is 10.8 Å². The maximum atomic E-state index is 12.2. The molecule has 0 saturated heterocycles. The highest BCUT2D eigenvalue weighted by atomic mass is 16.5. The normalized spacial score (nSPS) is 10.7. The van der Waals surface area contributed by atoms with Gasteiger partial charge in [0.2, 0.25) is 5.91 Å². The highest BCUT2D eigenvalue weighted by Crippen LogP contribution is 2.19. The molecular formula is C24H21N3O3. The van der Waals surface area contributed by atoms with Crippen LogP contribution in [0.15, 0.2) is 83.4 Å². The Hall–Kier alpha value is -3.93. The van der Waals surface area contributed by atoms with E-state index in [4.69, 9.17) is 4.52 Å². The third-order valence-electron chi connectivity index (χ3n) is 4.76. The van der Waals surface area contributed by atoms with Gasteiger partial charge in [-0.1, -0.05) is 78.0 Å². The molecule has 6 heteroatoms. The highest BCUT2D eigenvalue weighted by Gasteiger charge is 2.14. The summed E-state index contributed by atoms with van der Waals surface area (Å²) in [5, 5.41) is 11.5. The van der Waals surface area contributed by atoms with E-state index in [1.807, 2.05) is 42.5 Å². The summed E-state index contributed by atoms with van der Waals surface area (Å²) in [4.78, 5) is 24.2. The molecule has 2 amide bonds. The van der Waals surface area contributed by atoms with E-state index >= 15 is 0 Å². The van der Waals surface area contributed by atoms with Gasteiger partial charge in [-0.05, 0) is 22.8 Å². The van der Waals surface area contributed by atoms with Gasteiger partial charge in [0.1, 0.15) is 0 Å². The van der Waals surface area contributed by atoms with E-state index in [1.54, 1.807) is 6.07 Å². The first kappa shape index (κ1) is 19.4. The number of carbonyl (C=O) groups is 2. The predicted molar refractivity (Wildman–Crippen MR) is 115 cm³/mol. The fourth-order valence-electron chi connectivity index (χ4n) is 3.17. The molecule has 0 fully saturated rings. The Morgan fingerprint density at radius 3 is 2.43 bits per heavy atom. The fourth-order valence-corrected chi connectivity index (χ4v) is 3.17. The Kier molecular flexibility index (Phi) is 5.85. The summed E-state index contributed by atoms with van der Waals surface area (Å²) in [6.07, 6.45) is 0.717. The lowest BCUT2D eigenvalue weighted by Gasteiger charge is -2.07. The molecule has 30 heavy (non-hydrogen) atoms. The lowest BCUT2D eigenvalue weighted by Crippen LogP contribution is -2.37. The largest absolute Gasteiger partial charge is 0.355 e. The molecule has 0 aliphatic rings. The molecule has 1 heterocycles. The SMILES string of the molecule is O=C(CNC(=O)c1cc(-c2ccccc2)on1)NCCc1ccc2ccccc2c1. The summed E-state index contributed by atoms with van der Waals surface area (Å²) in [5.74, 6) is -0.206. The summed E-state index contributed by atoms with van der Waals surface area (Å²) in [6, 6.07) is 25.4. The van der Waals surface area contributed by atoms with Gasteiger partial charge in [0.05, 0.1) is 6.54 Å². The number of carbonyl (C=O) groups excluding carboxylic acids is 2. The van der Waals surface area contributed by atoms with Crippen molar-refractivity contribution in [2.24, 2.45) is 0 Å². The summed E-state index contributed by atoms with van der Waals surface area (Å²) < 4.78 is 5.21. The van der Waals surface area contributed by atoms with Gasteiger partial charge < -0.3 is 15.2 Å². The van der Waals surface area contributed by atoms with E-state index in [9.17, 15) is 9.59 Å². The van der Waals surface area contributed by atoms with Crippen LogP contribution in [0, 0.1) is 0 Å². The summed E-state index contributed by atoms with van der Waals surface area (Å²) in [6.45, 7) is 0.374. The van der Waals surface area contributed by atoms with Crippen molar-refractivity contribution in [3.63, 3.8) is 0 Å². The van der Waals surface area contributed by atoms with Crippen molar-refractivity contribution < 1.29 is 14.1 Å². The van der Waals surface area contributed by atoms with Gasteiger partial charge in [-0.2, -0.15) is 0 Å². The van der Waals surface area contributed by atoms with Crippen molar-refractivity contribution in [3.05, 3.63) is 90.1 Å².